The van der Waals surface area contributed by atoms with Crippen molar-refractivity contribution in [2.75, 3.05) is 38.2 Å². The van der Waals surface area contributed by atoms with Crippen molar-refractivity contribution in [3.63, 3.8) is 0 Å². The summed E-state index contributed by atoms with van der Waals surface area (Å²) in [7, 11) is 0. The number of benzene rings is 1. The molecule has 0 spiro atoms. The molecule has 1 aliphatic heterocycles. The quantitative estimate of drug-likeness (QED) is 0.827. The highest BCUT2D eigenvalue weighted by Crippen LogP contribution is 2.11. The topological polar surface area (TPSA) is 67.6 Å². The molecule has 5 heteroatoms. The molecule has 0 aromatic heterocycles. The molecular formula is C16H25N3O2. The maximum absolute atomic E-state index is 11.6. The van der Waals surface area contributed by atoms with Gasteiger partial charge in [0.1, 0.15) is 0 Å². The Kier molecular flexibility index (Phi) is 6.17. The van der Waals surface area contributed by atoms with Crippen molar-refractivity contribution in [3.8, 4) is 0 Å². The van der Waals surface area contributed by atoms with Crippen molar-refractivity contribution >= 4 is 11.6 Å². The number of hydrogen-bond donors (Lipinski definition) is 2. The Hall–Kier alpha value is -1.43. The van der Waals surface area contributed by atoms with Crippen LogP contribution in [0.3, 0.4) is 0 Å². The number of nitrogens with zero attached hydrogens (tertiary/aromatic N) is 1. The van der Waals surface area contributed by atoms with Gasteiger partial charge >= 0.3 is 0 Å². The van der Waals surface area contributed by atoms with Gasteiger partial charge in [-0.2, -0.15) is 0 Å². The fourth-order valence-corrected chi connectivity index (χ4v) is 2.37. The zero-order valence-corrected chi connectivity index (χ0v) is 12.7. The summed E-state index contributed by atoms with van der Waals surface area (Å²) in [6.07, 6.45) is 1.37. The van der Waals surface area contributed by atoms with Crippen LogP contribution in [0, 0.1) is 0 Å². The predicted molar refractivity (Wildman–Crippen MR) is 84.3 cm³/mol. The first-order valence-corrected chi connectivity index (χ1v) is 7.58. The van der Waals surface area contributed by atoms with Gasteiger partial charge in [-0.15, -0.1) is 0 Å². The SMILES string of the molecule is CC(N)CC(=O)Nc1ccc(CCN2CCOCC2)cc1. The van der Waals surface area contributed by atoms with Gasteiger partial charge in [-0.05, 0) is 31.0 Å². The van der Waals surface area contributed by atoms with Crippen LogP contribution in [-0.2, 0) is 16.0 Å². The summed E-state index contributed by atoms with van der Waals surface area (Å²) in [5.74, 6) is -0.0360. The minimum atomic E-state index is -0.113. The molecule has 3 N–H and O–H groups in total. The van der Waals surface area contributed by atoms with Crippen molar-refractivity contribution in [3.05, 3.63) is 29.8 Å². The summed E-state index contributed by atoms with van der Waals surface area (Å²) in [4.78, 5) is 14.0. The first-order valence-electron chi connectivity index (χ1n) is 7.58. The van der Waals surface area contributed by atoms with Crippen LogP contribution in [0.15, 0.2) is 24.3 Å². The van der Waals surface area contributed by atoms with E-state index in [1.54, 1.807) is 0 Å². The smallest absolute Gasteiger partial charge is 0.225 e. The van der Waals surface area contributed by atoms with Crippen LogP contribution in [0.1, 0.15) is 18.9 Å². The molecule has 0 saturated carbocycles. The van der Waals surface area contributed by atoms with Crippen molar-refractivity contribution in [1.29, 1.82) is 0 Å². The molecule has 116 valence electrons. The molecule has 1 fully saturated rings. The highest BCUT2D eigenvalue weighted by Gasteiger charge is 2.10. The number of nitrogens with one attached hydrogen (secondary N) is 1. The molecule has 0 bridgehead atoms. The highest BCUT2D eigenvalue weighted by molar-refractivity contribution is 5.91. The van der Waals surface area contributed by atoms with Crippen molar-refractivity contribution < 1.29 is 9.53 Å². The lowest BCUT2D eigenvalue weighted by Crippen LogP contribution is -2.37. The second-order valence-corrected chi connectivity index (χ2v) is 5.63. The average Bonchev–Trinajstić information content (AvgIpc) is 2.47. The summed E-state index contributed by atoms with van der Waals surface area (Å²) in [5.41, 5.74) is 7.72. The van der Waals surface area contributed by atoms with Gasteiger partial charge in [0.25, 0.3) is 0 Å². The lowest BCUT2D eigenvalue weighted by Gasteiger charge is -2.26. The molecule has 1 heterocycles. The number of carbonyl (C=O) groups excluding carboxylic acids is 1. The van der Waals surface area contributed by atoms with Gasteiger partial charge in [-0.1, -0.05) is 12.1 Å². The summed E-state index contributed by atoms with van der Waals surface area (Å²) in [6, 6.07) is 7.93. The van der Waals surface area contributed by atoms with E-state index < -0.39 is 0 Å². The molecule has 1 aromatic rings. The van der Waals surface area contributed by atoms with E-state index in [0.717, 1.165) is 45.0 Å². The minimum absolute atomic E-state index is 0.0360. The van der Waals surface area contributed by atoms with Crippen LogP contribution in [0.25, 0.3) is 0 Å². The number of anilines is 1. The summed E-state index contributed by atoms with van der Waals surface area (Å²) in [5, 5.41) is 2.86. The Morgan fingerprint density at radius 1 is 1.33 bits per heavy atom. The standard InChI is InChI=1S/C16H25N3O2/c1-13(17)12-16(20)18-15-4-2-14(3-5-15)6-7-19-8-10-21-11-9-19/h2-5,13H,6-12,17H2,1H3,(H,18,20). The summed E-state index contributed by atoms with van der Waals surface area (Å²) >= 11 is 0. The van der Waals surface area contributed by atoms with Crippen LogP contribution in [0.5, 0.6) is 0 Å². The zero-order valence-electron chi connectivity index (χ0n) is 12.7. The van der Waals surface area contributed by atoms with E-state index in [2.05, 4.69) is 22.3 Å². The molecule has 2 rings (SSSR count). The van der Waals surface area contributed by atoms with Crippen LogP contribution in [-0.4, -0.2) is 49.7 Å². The molecule has 1 unspecified atom stereocenters. The maximum Gasteiger partial charge on any atom is 0.225 e. The van der Waals surface area contributed by atoms with Crippen molar-refractivity contribution in [2.45, 2.75) is 25.8 Å². The fourth-order valence-electron chi connectivity index (χ4n) is 2.37. The lowest BCUT2D eigenvalue weighted by atomic mass is 10.1. The Balaban J connectivity index is 1.77. The Morgan fingerprint density at radius 2 is 2.00 bits per heavy atom. The van der Waals surface area contributed by atoms with Gasteiger partial charge in [0.15, 0.2) is 0 Å². The number of rotatable bonds is 6. The number of hydrogen-bond acceptors (Lipinski definition) is 4. The number of morpholine rings is 1. The van der Waals surface area contributed by atoms with E-state index in [9.17, 15) is 4.79 Å². The third-order valence-electron chi connectivity index (χ3n) is 3.57. The van der Waals surface area contributed by atoms with Crippen LogP contribution < -0.4 is 11.1 Å². The Morgan fingerprint density at radius 3 is 2.62 bits per heavy atom. The molecule has 1 atom stereocenters. The van der Waals surface area contributed by atoms with Gasteiger partial charge in [0.2, 0.25) is 5.91 Å². The third-order valence-corrected chi connectivity index (χ3v) is 3.57. The van der Waals surface area contributed by atoms with Gasteiger partial charge in [0, 0.05) is 37.8 Å². The van der Waals surface area contributed by atoms with Crippen molar-refractivity contribution in [2.24, 2.45) is 5.73 Å². The van der Waals surface area contributed by atoms with Crippen LogP contribution in [0.2, 0.25) is 0 Å². The molecule has 5 nitrogen and oxygen atoms in total. The highest BCUT2D eigenvalue weighted by atomic mass is 16.5. The zero-order chi connectivity index (χ0) is 15.1. The van der Waals surface area contributed by atoms with E-state index in [1.807, 2.05) is 19.1 Å². The van der Waals surface area contributed by atoms with Gasteiger partial charge in [-0.3, -0.25) is 9.69 Å². The monoisotopic (exact) mass is 291 g/mol. The largest absolute Gasteiger partial charge is 0.379 e. The minimum Gasteiger partial charge on any atom is -0.379 e. The first-order chi connectivity index (χ1) is 10.1. The third kappa shape index (κ3) is 5.83. The van der Waals surface area contributed by atoms with Crippen molar-refractivity contribution in [1.82, 2.24) is 4.90 Å². The number of ether oxygens (including phenoxy) is 1. The predicted octanol–water partition coefficient (Wildman–Crippen LogP) is 1.24. The van der Waals surface area contributed by atoms with Gasteiger partial charge in [-0.25, -0.2) is 0 Å². The van der Waals surface area contributed by atoms with E-state index in [0.29, 0.717) is 6.42 Å². The first kappa shape index (κ1) is 15.9. The average molecular weight is 291 g/mol. The van der Waals surface area contributed by atoms with Gasteiger partial charge < -0.3 is 15.8 Å². The fraction of sp³-hybridized carbons (Fsp3) is 0.562. The second-order valence-electron chi connectivity index (χ2n) is 5.63. The Labute approximate surface area is 126 Å². The molecule has 1 aromatic carbocycles. The molecule has 1 saturated heterocycles. The number of carbonyl (C=O) groups is 1. The Bertz CT molecular complexity index is 439. The van der Waals surface area contributed by atoms with E-state index in [4.69, 9.17) is 10.5 Å². The molecular weight excluding hydrogens is 266 g/mol. The van der Waals surface area contributed by atoms with Crippen LogP contribution >= 0.6 is 0 Å². The lowest BCUT2D eigenvalue weighted by molar-refractivity contribution is -0.116. The molecule has 1 amide bonds. The molecule has 1 aliphatic rings. The second kappa shape index (κ2) is 8.12. The molecule has 0 aliphatic carbocycles. The maximum atomic E-state index is 11.6. The number of nitrogens with two attached hydrogens (primary N) is 1. The van der Waals surface area contributed by atoms with E-state index >= 15 is 0 Å². The normalized spacial score (nSPS) is 17.4. The molecule has 0 radical (unpaired) electrons. The van der Waals surface area contributed by atoms with Crippen LogP contribution in [0.4, 0.5) is 5.69 Å². The van der Waals surface area contributed by atoms with E-state index in [-0.39, 0.29) is 11.9 Å². The number of amides is 1. The van der Waals surface area contributed by atoms with Gasteiger partial charge in [0.05, 0.1) is 13.2 Å². The molecule has 21 heavy (non-hydrogen) atoms. The van der Waals surface area contributed by atoms with E-state index in [1.165, 1.54) is 5.56 Å². The summed E-state index contributed by atoms with van der Waals surface area (Å²) < 4.78 is 5.34. The summed E-state index contributed by atoms with van der Waals surface area (Å²) in [6.45, 7) is 6.60.